The summed E-state index contributed by atoms with van der Waals surface area (Å²) in [6, 6.07) is 16.6. The number of benzene rings is 4. The lowest BCUT2D eigenvalue weighted by atomic mass is 10.1. The van der Waals surface area contributed by atoms with Gasteiger partial charge in [0.25, 0.3) is 26.1 Å². The van der Waals surface area contributed by atoms with E-state index in [1.165, 1.54) is 42.5 Å². The number of fused-ring (bicyclic) bond motifs is 1. The van der Waals surface area contributed by atoms with Gasteiger partial charge in [0.2, 0.25) is 0 Å². The van der Waals surface area contributed by atoms with E-state index in [1.54, 1.807) is 18.2 Å². The average Bonchev–Trinajstić information content (AvgIpc) is 2.89. The number of anilines is 3. The number of phenolic OH excluding ortho intramolecular Hbond substituents is 1. The van der Waals surface area contributed by atoms with Crippen molar-refractivity contribution in [3.63, 3.8) is 0 Å². The van der Waals surface area contributed by atoms with Gasteiger partial charge in [0.05, 0.1) is 22.1 Å². The monoisotopic (exact) mass is 671 g/mol. The number of aromatic hydroxyl groups is 1. The molecule has 0 saturated heterocycles. The number of hydrogen-bond donors (Lipinski definition) is 6. The van der Waals surface area contributed by atoms with Crippen LogP contribution in [0, 0.1) is 0 Å². The number of alkyl halides is 1. The van der Waals surface area contributed by atoms with Gasteiger partial charge in [-0.05, 0) is 59.5 Å². The maximum Gasteiger partial charge on any atom is 0.296 e. The van der Waals surface area contributed by atoms with Crippen LogP contribution >= 0.6 is 11.6 Å². The molecule has 0 saturated carbocycles. The van der Waals surface area contributed by atoms with Gasteiger partial charge in [0.1, 0.15) is 10.6 Å². The molecule has 230 valence electrons. The summed E-state index contributed by atoms with van der Waals surface area (Å²) in [7, 11) is -12.2. The topological polar surface area (TPSA) is 244 Å². The Kier molecular flexibility index (Phi) is 10.3. The van der Waals surface area contributed by atoms with Gasteiger partial charge < -0.3 is 21.9 Å². The molecule has 0 bridgehead atoms. The fourth-order valence-corrected chi connectivity index (χ4v) is 6.71. The number of amides is 1. The Morgan fingerprint density at radius 2 is 1.53 bits per heavy atom. The molecule has 4 rings (SSSR count). The van der Waals surface area contributed by atoms with Crippen LogP contribution in [0.3, 0.4) is 0 Å². The minimum Gasteiger partial charge on any atom is -0.507 e. The number of nitrogens with one attached hydrogen (secondary N) is 1. The molecule has 4 aromatic carbocycles. The van der Waals surface area contributed by atoms with Crippen LogP contribution in [0.4, 0.5) is 17.1 Å². The number of phenols is 1. The van der Waals surface area contributed by atoms with Gasteiger partial charge in [-0.2, -0.15) is 16.8 Å². The quantitative estimate of drug-likeness (QED) is 0.0897. The van der Waals surface area contributed by atoms with Crippen molar-refractivity contribution in [2.24, 2.45) is 0 Å². The highest BCUT2D eigenvalue weighted by atomic mass is 35.5. The van der Waals surface area contributed by atoms with Crippen LogP contribution in [0.25, 0.3) is 10.8 Å². The smallest absolute Gasteiger partial charge is 0.296 e. The molecule has 43 heavy (non-hydrogen) atoms. The second-order valence-corrected chi connectivity index (χ2v) is 14.4. The molecule has 0 aliphatic heterocycles. The maximum atomic E-state index is 12.4. The first-order valence-corrected chi connectivity index (χ1v) is 17.2. The Hall–Kier alpha value is -3.93. The molecule has 0 aliphatic carbocycles. The highest BCUT2D eigenvalue weighted by molar-refractivity contribution is 7.90. The lowest BCUT2D eigenvalue weighted by Crippen LogP contribution is -2.14. The van der Waals surface area contributed by atoms with Gasteiger partial charge in [-0.15, -0.1) is 11.6 Å². The van der Waals surface area contributed by atoms with Crippen LogP contribution in [0.5, 0.6) is 5.75 Å². The fraction of sp³-hybridized carbons (Fsp3) is 0.115. The van der Waals surface area contributed by atoms with Crippen molar-refractivity contribution in [1.82, 2.24) is 0 Å². The van der Waals surface area contributed by atoms with E-state index in [0.29, 0.717) is 22.0 Å². The van der Waals surface area contributed by atoms with E-state index in [4.69, 9.17) is 32.2 Å². The maximum absolute atomic E-state index is 12.4. The molecule has 0 atom stereocenters. The summed E-state index contributed by atoms with van der Waals surface area (Å²) < 4.78 is 86.1. The summed E-state index contributed by atoms with van der Waals surface area (Å²) in [5.74, 6) is -1.27. The molecule has 0 aromatic heterocycles. The molecule has 8 N–H and O–H groups in total. The predicted octanol–water partition coefficient (Wildman–Crippen LogP) is 3.30. The first-order chi connectivity index (χ1) is 19.9. The largest absolute Gasteiger partial charge is 0.507 e. The van der Waals surface area contributed by atoms with E-state index in [-0.39, 0.29) is 45.0 Å². The number of carbonyl (C=O) groups is 1. The molecule has 4 aromatic rings. The van der Waals surface area contributed by atoms with Gasteiger partial charge in [0, 0.05) is 34.3 Å². The minimum absolute atomic E-state index is 0.0181. The summed E-state index contributed by atoms with van der Waals surface area (Å²) in [5, 5.41) is 13.0. The van der Waals surface area contributed by atoms with E-state index in [0.717, 1.165) is 12.1 Å². The lowest BCUT2D eigenvalue weighted by Gasteiger charge is -2.09. The summed E-state index contributed by atoms with van der Waals surface area (Å²) in [6.07, 6.45) is 0. The minimum atomic E-state index is -4.54. The number of nitrogen functional groups attached to an aromatic ring is 2. The summed E-state index contributed by atoms with van der Waals surface area (Å²) in [6.45, 7) is 0. The second kappa shape index (κ2) is 13.2. The van der Waals surface area contributed by atoms with E-state index >= 15 is 0 Å². The van der Waals surface area contributed by atoms with Crippen molar-refractivity contribution >= 4 is 75.4 Å². The van der Waals surface area contributed by atoms with Crippen molar-refractivity contribution < 1.29 is 44.3 Å². The highest BCUT2D eigenvalue weighted by Gasteiger charge is 2.17. The van der Waals surface area contributed by atoms with Crippen LogP contribution < -0.4 is 16.8 Å². The zero-order valence-corrected chi connectivity index (χ0v) is 25.2. The summed E-state index contributed by atoms with van der Waals surface area (Å²) in [5.41, 5.74) is 12.0. The van der Waals surface area contributed by atoms with Crippen molar-refractivity contribution in [3.8, 4) is 5.75 Å². The molecular formula is C26H26ClN3O10S3. The second-order valence-electron chi connectivity index (χ2n) is 9.06. The van der Waals surface area contributed by atoms with Crippen molar-refractivity contribution in [2.45, 2.75) is 15.5 Å². The molecule has 0 aliphatic rings. The molecule has 0 unspecified atom stereocenters. The number of sulfone groups is 1. The van der Waals surface area contributed by atoms with E-state index < -0.39 is 40.9 Å². The highest BCUT2D eigenvalue weighted by Crippen LogP contribution is 2.30. The third-order valence-electron chi connectivity index (χ3n) is 5.74. The van der Waals surface area contributed by atoms with Crippen LogP contribution in [-0.2, 0) is 35.8 Å². The predicted molar refractivity (Wildman–Crippen MR) is 163 cm³/mol. The van der Waals surface area contributed by atoms with Crippen LogP contribution in [0.1, 0.15) is 15.9 Å². The van der Waals surface area contributed by atoms with Crippen molar-refractivity contribution in [2.75, 3.05) is 28.4 Å². The average molecular weight is 672 g/mol. The molecule has 0 spiro atoms. The molecule has 17 heteroatoms. The van der Waals surface area contributed by atoms with Gasteiger partial charge >= 0.3 is 0 Å². The van der Waals surface area contributed by atoms with E-state index in [9.17, 15) is 35.2 Å². The molecule has 1 amide bonds. The van der Waals surface area contributed by atoms with Crippen LogP contribution in [0.15, 0.2) is 82.6 Å². The zero-order valence-electron chi connectivity index (χ0n) is 22.0. The number of halogens is 1. The number of hydrogen-bond acceptors (Lipinski definition) is 10. The Balaban J connectivity index is 0.000000268. The number of rotatable bonds is 8. The van der Waals surface area contributed by atoms with Gasteiger partial charge in [-0.3, -0.25) is 13.9 Å². The Morgan fingerprint density at radius 1 is 0.837 bits per heavy atom. The van der Waals surface area contributed by atoms with Gasteiger partial charge in [-0.25, -0.2) is 8.42 Å². The summed E-state index contributed by atoms with van der Waals surface area (Å²) in [4.78, 5) is 11.5. The standard InChI is InChI=1S/C16H17ClN2O6S2.C10H9NO4S/c17-6-7-26(21,22)10-11-2-1-3-12(8-11)16(20)19-13-4-5-14(18)15(9-13)27(23,24)25;11-7-2-1-6-3-8(16(13,14)15)5-10(12)9(6)4-7/h1-5,8-9H,6-7,10,18H2,(H,19,20)(H,23,24,25);1-5,12H,11H2,(H,13,14,15). The number of nitrogens with two attached hydrogens (primary N) is 2. The van der Waals surface area contributed by atoms with E-state index in [1.807, 2.05) is 0 Å². The first-order valence-electron chi connectivity index (χ1n) is 11.9. The normalized spacial score (nSPS) is 11.9. The molecule has 0 heterocycles. The SMILES string of the molecule is Nc1ccc(NC(=O)c2cccc(CS(=O)(=O)CCCl)c2)cc1S(=O)(=O)O.Nc1ccc2cc(S(=O)(=O)O)cc(O)c2c1. The Bertz CT molecular complexity index is 2020. The van der Waals surface area contributed by atoms with Crippen molar-refractivity contribution in [3.05, 3.63) is 83.9 Å². The lowest BCUT2D eigenvalue weighted by molar-refractivity contribution is 0.102. The van der Waals surface area contributed by atoms with Gasteiger partial charge in [-0.1, -0.05) is 18.2 Å². The van der Waals surface area contributed by atoms with E-state index in [2.05, 4.69) is 5.32 Å². The first kappa shape index (κ1) is 33.6. The molecule has 13 nitrogen and oxygen atoms in total. The Labute approximate surface area is 252 Å². The third kappa shape index (κ3) is 9.28. The van der Waals surface area contributed by atoms with Crippen LogP contribution in [-0.4, -0.2) is 57.0 Å². The van der Waals surface area contributed by atoms with Crippen molar-refractivity contribution in [1.29, 1.82) is 0 Å². The third-order valence-corrected chi connectivity index (χ3v) is 9.49. The van der Waals surface area contributed by atoms with Crippen LogP contribution in [0.2, 0.25) is 0 Å². The molecule has 0 radical (unpaired) electrons. The molecule has 0 fully saturated rings. The van der Waals surface area contributed by atoms with Gasteiger partial charge in [0.15, 0.2) is 9.84 Å². The Morgan fingerprint density at radius 3 is 2.16 bits per heavy atom. The molecular weight excluding hydrogens is 646 g/mol. The zero-order chi connectivity index (χ0) is 32.2. The summed E-state index contributed by atoms with van der Waals surface area (Å²) >= 11 is 5.47. The fourth-order valence-electron chi connectivity index (χ4n) is 3.76. The number of carbonyl (C=O) groups excluding carboxylic acids is 1.